The van der Waals surface area contributed by atoms with E-state index >= 15 is 0 Å². The molecule has 0 spiro atoms. The number of pyridine rings is 1. The van der Waals surface area contributed by atoms with Gasteiger partial charge in [0, 0.05) is 37.9 Å². The molecule has 10 heteroatoms. The van der Waals surface area contributed by atoms with Crippen LogP contribution >= 0.6 is 0 Å². The topological polar surface area (TPSA) is 77.0 Å². The Morgan fingerprint density at radius 2 is 2.03 bits per heavy atom. The average molecular weight is 407 g/mol. The number of rotatable bonds is 3. The molecule has 0 bridgehead atoms. The summed E-state index contributed by atoms with van der Waals surface area (Å²) in [6, 6.07) is 2.72. The predicted octanol–water partition coefficient (Wildman–Crippen LogP) is 3.56. The molecule has 0 N–H and O–H groups in total. The average Bonchev–Trinajstić information content (AvgIpc) is 3.32. The minimum absolute atomic E-state index is 0.0638. The number of piperidine rings is 1. The van der Waals surface area contributed by atoms with E-state index in [2.05, 4.69) is 15.2 Å². The number of alkyl halides is 3. The van der Waals surface area contributed by atoms with Crippen LogP contribution in [0.15, 0.2) is 22.9 Å². The van der Waals surface area contributed by atoms with Gasteiger partial charge in [0.15, 0.2) is 0 Å². The summed E-state index contributed by atoms with van der Waals surface area (Å²) in [5.41, 5.74) is 0.217. The second kappa shape index (κ2) is 7.16. The van der Waals surface area contributed by atoms with Gasteiger partial charge in [-0.25, -0.2) is 4.98 Å². The Labute approximate surface area is 164 Å². The highest BCUT2D eigenvalue weighted by atomic mass is 19.4. The molecular formula is C19H20F3N5O2. The highest BCUT2D eigenvalue weighted by Gasteiger charge is 2.38. The van der Waals surface area contributed by atoms with Gasteiger partial charge in [-0.15, -0.1) is 0 Å². The normalized spacial score (nSPS) is 16.0. The number of carbonyl (C=O) groups is 1. The first-order chi connectivity index (χ1) is 13.8. The molecule has 1 fully saturated rings. The largest absolute Gasteiger partial charge is 0.417 e. The van der Waals surface area contributed by atoms with Crippen LogP contribution in [-0.4, -0.2) is 43.8 Å². The Kier molecular flexibility index (Phi) is 4.79. The maximum absolute atomic E-state index is 13.7. The van der Waals surface area contributed by atoms with Crippen molar-refractivity contribution in [1.82, 2.24) is 24.8 Å². The highest BCUT2D eigenvalue weighted by Crippen LogP contribution is 2.40. The van der Waals surface area contributed by atoms with E-state index in [1.165, 1.54) is 4.68 Å². The molecule has 0 atom stereocenters. The zero-order valence-electron chi connectivity index (χ0n) is 16.0. The van der Waals surface area contributed by atoms with E-state index in [1.807, 2.05) is 0 Å². The molecule has 1 amide bonds. The Morgan fingerprint density at radius 3 is 2.62 bits per heavy atom. The minimum atomic E-state index is -4.53. The molecule has 1 saturated heterocycles. The number of likely N-dealkylation sites (tertiary alicyclic amines) is 1. The molecule has 0 aromatic carbocycles. The molecule has 3 aromatic rings. The summed E-state index contributed by atoms with van der Waals surface area (Å²) in [4.78, 5) is 18.5. The molecule has 4 heterocycles. The lowest BCUT2D eigenvalue weighted by molar-refractivity contribution is -0.136. The van der Waals surface area contributed by atoms with Crippen molar-refractivity contribution in [3.8, 4) is 0 Å². The summed E-state index contributed by atoms with van der Waals surface area (Å²) in [6.07, 6.45) is -1.61. The van der Waals surface area contributed by atoms with Gasteiger partial charge in [-0.2, -0.15) is 18.3 Å². The smallest absolute Gasteiger partial charge is 0.337 e. The lowest BCUT2D eigenvalue weighted by atomic mass is 9.90. The Hall–Kier alpha value is -2.91. The third kappa shape index (κ3) is 3.47. The zero-order chi connectivity index (χ0) is 20.8. The van der Waals surface area contributed by atoms with Crippen molar-refractivity contribution < 1.29 is 22.5 Å². The van der Waals surface area contributed by atoms with Gasteiger partial charge in [0.05, 0.1) is 16.6 Å². The molecule has 4 rings (SSSR count). The molecule has 0 saturated carbocycles. The summed E-state index contributed by atoms with van der Waals surface area (Å²) in [5, 5.41) is 7.89. The second-order valence-corrected chi connectivity index (χ2v) is 7.17. The molecule has 0 unspecified atom stereocenters. The van der Waals surface area contributed by atoms with Gasteiger partial charge < -0.3 is 9.42 Å². The molecular weight excluding hydrogens is 387 g/mol. The maximum atomic E-state index is 13.7. The SMILES string of the molecule is CCc1cc(C(F)(F)F)c2c(C3CCN(C(=O)c4ccnn4C)CC3)noc2n1. The van der Waals surface area contributed by atoms with Crippen molar-refractivity contribution in [2.75, 3.05) is 13.1 Å². The summed E-state index contributed by atoms with van der Waals surface area (Å²) in [6.45, 7) is 2.58. The lowest BCUT2D eigenvalue weighted by Gasteiger charge is -2.31. The Morgan fingerprint density at radius 1 is 1.31 bits per heavy atom. The fraction of sp³-hybridized carbons (Fsp3) is 0.474. The van der Waals surface area contributed by atoms with E-state index < -0.39 is 11.7 Å². The van der Waals surface area contributed by atoms with E-state index in [-0.39, 0.29) is 28.6 Å². The predicted molar refractivity (Wildman–Crippen MR) is 97.3 cm³/mol. The van der Waals surface area contributed by atoms with Crippen molar-refractivity contribution in [2.45, 2.75) is 38.3 Å². The van der Waals surface area contributed by atoms with Crippen LogP contribution in [0.2, 0.25) is 0 Å². The summed E-state index contributed by atoms with van der Waals surface area (Å²) in [7, 11) is 1.69. The van der Waals surface area contributed by atoms with Crippen molar-refractivity contribution in [3.05, 3.63) is 41.0 Å². The number of fused-ring (bicyclic) bond motifs is 1. The monoisotopic (exact) mass is 407 g/mol. The van der Waals surface area contributed by atoms with Crippen molar-refractivity contribution in [2.24, 2.45) is 7.05 Å². The van der Waals surface area contributed by atoms with E-state index in [0.29, 0.717) is 43.7 Å². The quantitative estimate of drug-likeness (QED) is 0.664. The van der Waals surface area contributed by atoms with Crippen LogP contribution < -0.4 is 0 Å². The van der Waals surface area contributed by atoms with E-state index in [0.717, 1.165) is 6.07 Å². The van der Waals surface area contributed by atoms with Crippen LogP contribution in [0.1, 0.15) is 53.1 Å². The van der Waals surface area contributed by atoms with Crippen molar-refractivity contribution >= 4 is 17.0 Å². The zero-order valence-corrected chi connectivity index (χ0v) is 16.0. The first-order valence-corrected chi connectivity index (χ1v) is 9.43. The summed E-state index contributed by atoms with van der Waals surface area (Å²) in [5.74, 6) is -0.374. The number of amides is 1. The van der Waals surface area contributed by atoms with Crippen molar-refractivity contribution in [3.63, 3.8) is 0 Å². The van der Waals surface area contributed by atoms with E-state index in [9.17, 15) is 18.0 Å². The van der Waals surface area contributed by atoms with Gasteiger partial charge >= 0.3 is 6.18 Å². The fourth-order valence-corrected chi connectivity index (χ4v) is 3.81. The van der Waals surface area contributed by atoms with Crippen LogP contribution in [0.5, 0.6) is 0 Å². The Balaban J connectivity index is 1.60. The van der Waals surface area contributed by atoms with Crippen LogP contribution in [-0.2, 0) is 19.6 Å². The summed E-state index contributed by atoms with van der Waals surface area (Å²) >= 11 is 0. The molecule has 3 aromatic heterocycles. The number of halogens is 3. The molecule has 29 heavy (non-hydrogen) atoms. The van der Waals surface area contributed by atoms with Gasteiger partial charge in [-0.1, -0.05) is 12.1 Å². The lowest BCUT2D eigenvalue weighted by Crippen LogP contribution is -2.38. The minimum Gasteiger partial charge on any atom is -0.337 e. The van der Waals surface area contributed by atoms with Gasteiger partial charge in [-0.3, -0.25) is 9.48 Å². The first kappa shape index (κ1) is 19.4. The first-order valence-electron chi connectivity index (χ1n) is 9.43. The second-order valence-electron chi connectivity index (χ2n) is 7.17. The van der Waals surface area contributed by atoms with Gasteiger partial charge in [0.25, 0.3) is 11.6 Å². The van der Waals surface area contributed by atoms with Crippen LogP contribution in [0.4, 0.5) is 13.2 Å². The number of aromatic nitrogens is 4. The van der Waals surface area contributed by atoms with E-state index in [1.54, 1.807) is 31.1 Å². The highest BCUT2D eigenvalue weighted by molar-refractivity contribution is 5.92. The van der Waals surface area contributed by atoms with Crippen molar-refractivity contribution in [1.29, 1.82) is 0 Å². The number of nitrogens with zero attached hydrogens (tertiary/aromatic N) is 5. The standard InChI is InChI=1S/C19H20F3N5O2/c1-3-12-10-13(19(20,21)22)15-16(25-29-17(15)24-12)11-5-8-27(9-6-11)18(28)14-4-7-23-26(14)2/h4,7,10-11H,3,5-6,8-9H2,1-2H3. The molecule has 1 aliphatic heterocycles. The number of aryl methyl sites for hydroxylation is 2. The molecule has 154 valence electrons. The molecule has 0 aliphatic carbocycles. The third-order valence-electron chi connectivity index (χ3n) is 5.40. The number of hydrogen-bond donors (Lipinski definition) is 0. The fourth-order valence-electron chi connectivity index (χ4n) is 3.81. The van der Waals surface area contributed by atoms with Gasteiger partial charge in [0.1, 0.15) is 5.69 Å². The number of carbonyl (C=O) groups excluding carboxylic acids is 1. The van der Waals surface area contributed by atoms with Crippen LogP contribution in [0.3, 0.4) is 0 Å². The molecule has 7 nitrogen and oxygen atoms in total. The van der Waals surface area contributed by atoms with Gasteiger partial charge in [-0.05, 0) is 31.4 Å². The van der Waals surface area contributed by atoms with Gasteiger partial charge in [0.2, 0.25) is 0 Å². The third-order valence-corrected chi connectivity index (χ3v) is 5.40. The molecule has 1 aliphatic rings. The van der Waals surface area contributed by atoms with Crippen LogP contribution in [0.25, 0.3) is 11.1 Å². The van der Waals surface area contributed by atoms with Crippen LogP contribution in [0, 0.1) is 0 Å². The maximum Gasteiger partial charge on any atom is 0.417 e. The number of hydrogen-bond acceptors (Lipinski definition) is 5. The van der Waals surface area contributed by atoms with E-state index in [4.69, 9.17) is 4.52 Å². The molecule has 0 radical (unpaired) electrons. The summed E-state index contributed by atoms with van der Waals surface area (Å²) < 4.78 is 47.7. The Bertz CT molecular complexity index is 1050.